The molecule has 0 saturated heterocycles. The zero-order valence-corrected chi connectivity index (χ0v) is 14.1. The molecule has 0 aliphatic carbocycles. The Kier molecular flexibility index (Phi) is 5.95. The summed E-state index contributed by atoms with van der Waals surface area (Å²) in [7, 11) is 0. The van der Waals surface area contributed by atoms with E-state index in [2.05, 4.69) is 5.32 Å². The monoisotopic (exact) mass is 382 g/mol. The molecule has 1 atom stereocenters. The minimum Gasteiger partial charge on any atom is -0.481 e. The molecule has 0 aliphatic rings. The van der Waals surface area contributed by atoms with Crippen molar-refractivity contribution in [3.63, 3.8) is 0 Å². The number of nitrogens with one attached hydrogen (secondary N) is 1. The Labute approximate surface area is 152 Å². The van der Waals surface area contributed by atoms with Gasteiger partial charge in [-0.2, -0.15) is 0 Å². The first-order valence-corrected chi connectivity index (χ1v) is 7.75. The van der Waals surface area contributed by atoms with E-state index in [0.29, 0.717) is 5.56 Å². The number of halogens is 2. The van der Waals surface area contributed by atoms with E-state index in [9.17, 15) is 19.7 Å². The molecule has 2 aromatic rings. The lowest BCUT2D eigenvalue weighted by Crippen LogP contribution is -2.30. The summed E-state index contributed by atoms with van der Waals surface area (Å²) < 4.78 is 0. The number of nitro groups is 1. The summed E-state index contributed by atoms with van der Waals surface area (Å²) in [6, 6.07) is 8.73. The van der Waals surface area contributed by atoms with Crippen molar-refractivity contribution in [2.45, 2.75) is 12.5 Å². The number of rotatable bonds is 6. The summed E-state index contributed by atoms with van der Waals surface area (Å²) in [5, 5.41) is 23.0. The molecule has 0 aromatic heterocycles. The summed E-state index contributed by atoms with van der Waals surface area (Å²) >= 11 is 11.7. The summed E-state index contributed by atoms with van der Waals surface area (Å²) in [6.07, 6.45) is -0.436. The maximum Gasteiger partial charge on any atom is 0.305 e. The van der Waals surface area contributed by atoms with E-state index >= 15 is 0 Å². The molecule has 0 spiro atoms. The van der Waals surface area contributed by atoms with Gasteiger partial charge in [-0.3, -0.25) is 19.7 Å². The molecular weight excluding hydrogens is 371 g/mol. The molecule has 0 fully saturated rings. The molecule has 1 amide bonds. The lowest BCUT2D eigenvalue weighted by Gasteiger charge is -2.17. The fraction of sp³-hybridized carbons (Fsp3) is 0.125. The summed E-state index contributed by atoms with van der Waals surface area (Å²) in [4.78, 5) is 33.7. The standard InChI is InChI=1S/C16H12Cl2N2O5/c17-12-5-4-10(7-13(12)18)16(23)19-14(8-15(21)22)9-2-1-3-11(6-9)20(24)25/h1-7,14H,8H2,(H,19,23)(H,21,22)/t14-/m0/s1. The van der Waals surface area contributed by atoms with E-state index < -0.39 is 29.3 Å². The Morgan fingerprint density at radius 2 is 1.88 bits per heavy atom. The Balaban J connectivity index is 2.29. The van der Waals surface area contributed by atoms with Crippen molar-refractivity contribution in [3.8, 4) is 0 Å². The second-order valence-electron chi connectivity index (χ2n) is 5.10. The van der Waals surface area contributed by atoms with Crippen molar-refractivity contribution >= 4 is 40.8 Å². The Morgan fingerprint density at radius 3 is 2.48 bits per heavy atom. The van der Waals surface area contributed by atoms with E-state index in [1.165, 1.54) is 42.5 Å². The van der Waals surface area contributed by atoms with Gasteiger partial charge < -0.3 is 10.4 Å². The molecule has 2 aromatic carbocycles. The Hall–Kier alpha value is -2.64. The normalized spacial score (nSPS) is 11.6. The number of hydrogen-bond acceptors (Lipinski definition) is 4. The number of nitrogens with zero attached hydrogens (tertiary/aromatic N) is 1. The van der Waals surface area contributed by atoms with Gasteiger partial charge in [-0.25, -0.2) is 0 Å². The zero-order chi connectivity index (χ0) is 18.6. The lowest BCUT2D eigenvalue weighted by molar-refractivity contribution is -0.384. The number of carboxylic acids is 1. The molecule has 0 bridgehead atoms. The topological polar surface area (TPSA) is 110 Å². The number of carboxylic acid groups (broad SMARTS) is 1. The summed E-state index contributed by atoms with van der Waals surface area (Å²) in [6.45, 7) is 0. The van der Waals surface area contributed by atoms with Gasteiger partial charge in [-0.1, -0.05) is 35.3 Å². The molecule has 0 saturated carbocycles. The highest BCUT2D eigenvalue weighted by molar-refractivity contribution is 6.42. The van der Waals surface area contributed by atoms with E-state index in [1.54, 1.807) is 0 Å². The summed E-state index contributed by atoms with van der Waals surface area (Å²) in [5.74, 6) is -1.73. The molecule has 2 rings (SSSR count). The largest absolute Gasteiger partial charge is 0.481 e. The molecular formula is C16H12Cl2N2O5. The number of aliphatic carboxylic acids is 1. The van der Waals surface area contributed by atoms with Crippen molar-refractivity contribution in [3.05, 3.63) is 73.8 Å². The van der Waals surface area contributed by atoms with Gasteiger partial charge in [0.1, 0.15) is 0 Å². The van der Waals surface area contributed by atoms with E-state index in [4.69, 9.17) is 28.3 Å². The third-order valence-corrected chi connectivity index (χ3v) is 4.09. The first-order valence-electron chi connectivity index (χ1n) is 7.00. The van der Waals surface area contributed by atoms with Gasteiger partial charge in [-0.05, 0) is 23.8 Å². The molecule has 0 heterocycles. The van der Waals surface area contributed by atoms with Crippen LogP contribution in [0.2, 0.25) is 10.0 Å². The first kappa shape index (κ1) is 18.7. The number of carbonyl (C=O) groups excluding carboxylic acids is 1. The Bertz CT molecular complexity index is 841. The number of hydrogen-bond donors (Lipinski definition) is 2. The number of nitro benzene ring substituents is 1. The third kappa shape index (κ3) is 4.91. The van der Waals surface area contributed by atoms with Crippen molar-refractivity contribution < 1.29 is 19.6 Å². The second kappa shape index (κ2) is 7.96. The van der Waals surface area contributed by atoms with Crippen LogP contribution in [0.1, 0.15) is 28.4 Å². The summed E-state index contributed by atoms with van der Waals surface area (Å²) in [5.41, 5.74) is 0.303. The van der Waals surface area contributed by atoms with Crippen LogP contribution in [0.5, 0.6) is 0 Å². The predicted molar refractivity (Wildman–Crippen MR) is 92.0 cm³/mol. The minimum atomic E-state index is -1.16. The molecule has 2 N–H and O–H groups in total. The second-order valence-corrected chi connectivity index (χ2v) is 5.92. The molecule has 0 radical (unpaired) electrons. The highest BCUT2D eigenvalue weighted by Gasteiger charge is 2.21. The van der Waals surface area contributed by atoms with Gasteiger partial charge in [0.15, 0.2) is 0 Å². The van der Waals surface area contributed by atoms with Crippen LogP contribution in [0.25, 0.3) is 0 Å². The molecule has 0 aliphatic heterocycles. The van der Waals surface area contributed by atoms with Crippen molar-refractivity contribution in [1.29, 1.82) is 0 Å². The first-order chi connectivity index (χ1) is 11.8. The lowest BCUT2D eigenvalue weighted by atomic mass is 10.0. The minimum absolute atomic E-state index is 0.180. The van der Waals surface area contributed by atoms with Crippen molar-refractivity contribution in [2.75, 3.05) is 0 Å². The van der Waals surface area contributed by atoms with Crippen LogP contribution in [-0.4, -0.2) is 21.9 Å². The maximum atomic E-state index is 12.4. The number of benzene rings is 2. The zero-order valence-electron chi connectivity index (χ0n) is 12.6. The van der Waals surface area contributed by atoms with Gasteiger partial charge in [0.2, 0.25) is 0 Å². The van der Waals surface area contributed by atoms with E-state index in [1.807, 2.05) is 0 Å². The van der Waals surface area contributed by atoms with Crippen LogP contribution in [0, 0.1) is 10.1 Å². The molecule has 7 nitrogen and oxygen atoms in total. The fourth-order valence-electron chi connectivity index (χ4n) is 2.16. The van der Waals surface area contributed by atoms with Crippen LogP contribution in [0.4, 0.5) is 5.69 Å². The SMILES string of the molecule is O=C(O)C[C@H](NC(=O)c1ccc(Cl)c(Cl)c1)c1cccc([N+](=O)[O-])c1. The van der Waals surface area contributed by atoms with Crippen molar-refractivity contribution in [2.24, 2.45) is 0 Å². The van der Waals surface area contributed by atoms with Crippen LogP contribution >= 0.6 is 23.2 Å². The smallest absolute Gasteiger partial charge is 0.305 e. The quantitative estimate of drug-likeness (QED) is 0.582. The highest BCUT2D eigenvalue weighted by atomic mass is 35.5. The van der Waals surface area contributed by atoms with Gasteiger partial charge in [0.05, 0.1) is 27.4 Å². The number of non-ortho nitro benzene ring substituents is 1. The fourth-order valence-corrected chi connectivity index (χ4v) is 2.46. The van der Waals surface area contributed by atoms with Crippen LogP contribution in [-0.2, 0) is 4.79 Å². The third-order valence-electron chi connectivity index (χ3n) is 3.35. The molecule has 25 heavy (non-hydrogen) atoms. The van der Waals surface area contributed by atoms with Gasteiger partial charge >= 0.3 is 5.97 Å². The van der Waals surface area contributed by atoms with Crippen LogP contribution < -0.4 is 5.32 Å². The van der Waals surface area contributed by atoms with Gasteiger partial charge in [0.25, 0.3) is 11.6 Å². The van der Waals surface area contributed by atoms with Crippen LogP contribution in [0.15, 0.2) is 42.5 Å². The van der Waals surface area contributed by atoms with Gasteiger partial charge in [-0.15, -0.1) is 0 Å². The predicted octanol–water partition coefficient (Wildman–Crippen LogP) is 3.85. The number of amides is 1. The Morgan fingerprint density at radius 1 is 1.16 bits per heavy atom. The van der Waals surface area contributed by atoms with E-state index in [-0.39, 0.29) is 21.3 Å². The van der Waals surface area contributed by atoms with E-state index in [0.717, 1.165) is 0 Å². The van der Waals surface area contributed by atoms with Crippen LogP contribution in [0.3, 0.4) is 0 Å². The maximum absolute atomic E-state index is 12.4. The average molecular weight is 383 g/mol. The number of carbonyl (C=O) groups is 2. The van der Waals surface area contributed by atoms with Crippen molar-refractivity contribution in [1.82, 2.24) is 5.32 Å². The molecule has 0 unspecified atom stereocenters. The average Bonchev–Trinajstić information content (AvgIpc) is 2.56. The molecule has 9 heteroatoms. The highest BCUT2D eigenvalue weighted by Crippen LogP contribution is 2.25. The van der Waals surface area contributed by atoms with Gasteiger partial charge in [0, 0.05) is 17.7 Å². The molecule has 130 valence electrons.